The Kier molecular flexibility index (Phi) is 9.46. The Bertz CT molecular complexity index is 1370. The van der Waals surface area contributed by atoms with Gasteiger partial charge in [-0.15, -0.1) is 0 Å². The largest absolute Gasteiger partial charge is 0.501 e. The topological polar surface area (TPSA) is 120 Å². The molecule has 10 nitrogen and oxygen atoms in total. The van der Waals surface area contributed by atoms with Crippen molar-refractivity contribution in [2.75, 3.05) is 46.2 Å². The van der Waals surface area contributed by atoms with E-state index in [9.17, 15) is 31.2 Å². The predicted molar refractivity (Wildman–Crippen MR) is 139 cm³/mol. The molecule has 0 saturated carbocycles. The summed E-state index contributed by atoms with van der Waals surface area (Å²) in [5.41, 5.74) is -2.01. The van der Waals surface area contributed by atoms with Gasteiger partial charge in [0.2, 0.25) is 11.8 Å². The lowest BCUT2D eigenvalue weighted by molar-refractivity contribution is -0.137. The summed E-state index contributed by atoms with van der Waals surface area (Å²) in [5.74, 6) is -0.855. The number of halogens is 4. The molecule has 2 aromatic rings. The standard InChI is InChI=1S/C24H27ClF3N5O5S/c1-32(2)31-21-13-33(23(35)16(12-29-21)9-15-10-17(25)7-8-20(15)38-3)14-22(34)30-18-5-4-6-19(11-18)39(36,37)24(26,27)28/h4-8,10-11,16H,9,12-14H2,1-3H3,(H,29,31)(H,30,34)/t16-/m1/s1. The summed E-state index contributed by atoms with van der Waals surface area (Å²) in [6, 6.07) is 8.82. The quantitative estimate of drug-likeness (QED) is 0.454. The number of alkyl halides is 3. The fraction of sp³-hybridized carbons (Fsp3) is 0.375. The molecule has 0 unspecified atom stereocenters. The molecule has 3 rings (SSSR count). The van der Waals surface area contributed by atoms with E-state index in [1.165, 1.54) is 18.1 Å². The smallest absolute Gasteiger partial charge is 0.496 e. The second-order valence-corrected chi connectivity index (χ2v) is 11.2. The molecular weight excluding hydrogens is 563 g/mol. The SMILES string of the molecule is COc1ccc(Cl)cc1C[C@@H]1CN=C(NN(C)C)CN(CC(=O)Nc2cccc(S(=O)(=O)C(F)(F)F)c2)C1=O. The first-order valence-corrected chi connectivity index (χ1v) is 13.4. The number of sulfone groups is 1. The molecule has 0 saturated heterocycles. The highest BCUT2D eigenvalue weighted by Crippen LogP contribution is 2.31. The molecule has 0 spiro atoms. The number of amidine groups is 1. The average molecular weight is 590 g/mol. The van der Waals surface area contributed by atoms with Crippen LogP contribution in [-0.2, 0) is 25.8 Å². The number of carbonyl (C=O) groups excluding carboxylic acids is 2. The van der Waals surface area contributed by atoms with Gasteiger partial charge >= 0.3 is 5.51 Å². The third-order valence-corrected chi connectivity index (χ3v) is 7.35. The molecule has 2 N–H and O–H groups in total. The van der Waals surface area contributed by atoms with Crippen LogP contribution >= 0.6 is 11.6 Å². The van der Waals surface area contributed by atoms with Gasteiger partial charge in [-0.05, 0) is 48.4 Å². The molecular formula is C24H27ClF3N5O5S. The molecule has 2 aromatic carbocycles. The lowest BCUT2D eigenvalue weighted by atomic mass is 9.97. The summed E-state index contributed by atoms with van der Waals surface area (Å²) in [7, 11) is -0.664. The fourth-order valence-electron chi connectivity index (χ4n) is 3.90. The average Bonchev–Trinajstić information content (AvgIpc) is 2.97. The number of amides is 2. The Labute approximate surface area is 228 Å². The predicted octanol–water partition coefficient (Wildman–Crippen LogP) is 2.75. The van der Waals surface area contributed by atoms with Crippen molar-refractivity contribution >= 4 is 44.8 Å². The number of nitrogens with zero attached hydrogens (tertiary/aromatic N) is 3. The van der Waals surface area contributed by atoms with E-state index in [1.807, 2.05) is 0 Å². The number of aliphatic imine (C=N–C) groups is 1. The third-order valence-electron chi connectivity index (χ3n) is 5.63. The number of hydrogen-bond donors (Lipinski definition) is 2. The number of ether oxygens (including phenoxy) is 1. The zero-order valence-electron chi connectivity index (χ0n) is 21.3. The first-order chi connectivity index (χ1) is 18.2. The van der Waals surface area contributed by atoms with Crippen molar-refractivity contribution in [3.8, 4) is 5.75 Å². The molecule has 15 heteroatoms. The maximum atomic E-state index is 13.5. The number of benzene rings is 2. The highest BCUT2D eigenvalue weighted by Gasteiger charge is 2.47. The van der Waals surface area contributed by atoms with Crippen LogP contribution in [0.5, 0.6) is 5.75 Å². The van der Waals surface area contributed by atoms with Crippen molar-refractivity contribution in [2.45, 2.75) is 16.8 Å². The van der Waals surface area contributed by atoms with Gasteiger partial charge in [-0.1, -0.05) is 17.7 Å². The van der Waals surface area contributed by atoms with Gasteiger partial charge in [-0.2, -0.15) is 13.2 Å². The van der Waals surface area contributed by atoms with Crippen LogP contribution in [-0.4, -0.2) is 82.3 Å². The molecule has 0 aliphatic carbocycles. The summed E-state index contributed by atoms with van der Waals surface area (Å²) in [4.78, 5) is 31.1. The van der Waals surface area contributed by atoms with Gasteiger partial charge in [0.15, 0.2) is 0 Å². The lowest BCUT2D eigenvalue weighted by Crippen LogP contribution is -2.47. The number of carbonyl (C=O) groups is 2. The molecule has 1 aliphatic rings. The number of hydrazine groups is 1. The third kappa shape index (κ3) is 7.61. The second-order valence-electron chi connectivity index (χ2n) is 8.87. The Morgan fingerprint density at radius 2 is 1.95 bits per heavy atom. The first-order valence-electron chi connectivity index (χ1n) is 11.5. The van der Waals surface area contributed by atoms with Crippen LogP contribution in [0.25, 0.3) is 0 Å². The van der Waals surface area contributed by atoms with Gasteiger partial charge in [-0.25, -0.2) is 13.4 Å². The van der Waals surface area contributed by atoms with E-state index in [1.54, 1.807) is 37.3 Å². The van der Waals surface area contributed by atoms with Crippen LogP contribution in [0.1, 0.15) is 5.56 Å². The maximum Gasteiger partial charge on any atom is 0.501 e. The van der Waals surface area contributed by atoms with Crippen molar-refractivity contribution in [1.82, 2.24) is 15.3 Å². The molecule has 1 atom stereocenters. The van der Waals surface area contributed by atoms with Crippen molar-refractivity contribution in [3.05, 3.63) is 53.1 Å². The van der Waals surface area contributed by atoms with Gasteiger partial charge in [0.25, 0.3) is 9.84 Å². The zero-order valence-corrected chi connectivity index (χ0v) is 22.8. The van der Waals surface area contributed by atoms with Crippen molar-refractivity contribution in [1.29, 1.82) is 0 Å². The number of methoxy groups -OCH3 is 1. The van der Waals surface area contributed by atoms with E-state index < -0.39 is 38.6 Å². The minimum atomic E-state index is -5.60. The number of rotatable bonds is 8. The molecule has 1 aliphatic heterocycles. The number of anilines is 1. The summed E-state index contributed by atoms with van der Waals surface area (Å²) < 4.78 is 67.7. The van der Waals surface area contributed by atoms with E-state index in [2.05, 4.69) is 15.7 Å². The van der Waals surface area contributed by atoms with E-state index in [4.69, 9.17) is 16.3 Å². The van der Waals surface area contributed by atoms with Crippen molar-refractivity contribution < 1.29 is 35.9 Å². The highest BCUT2D eigenvalue weighted by molar-refractivity contribution is 7.92. The Morgan fingerprint density at radius 1 is 1.23 bits per heavy atom. The fourth-order valence-corrected chi connectivity index (χ4v) is 4.90. The van der Waals surface area contributed by atoms with Gasteiger partial charge in [0.1, 0.15) is 18.1 Å². The number of hydrogen-bond acceptors (Lipinski definition) is 8. The summed E-state index contributed by atoms with van der Waals surface area (Å²) >= 11 is 6.13. The molecule has 1 heterocycles. The Morgan fingerprint density at radius 3 is 2.59 bits per heavy atom. The van der Waals surface area contributed by atoms with Gasteiger partial charge in [-0.3, -0.25) is 14.6 Å². The first kappa shape index (κ1) is 30.2. The lowest BCUT2D eigenvalue weighted by Gasteiger charge is -2.25. The normalized spacial score (nSPS) is 16.5. The van der Waals surface area contributed by atoms with Crippen LogP contribution in [0, 0.1) is 5.92 Å². The summed E-state index contributed by atoms with van der Waals surface area (Å²) in [5, 5.41) is 4.44. The summed E-state index contributed by atoms with van der Waals surface area (Å²) in [6.07, 6.45) is 0.219. The van der Waals surface area contributed by atoms with Crippen LogP contribution in [0.15, 0.2) is 52.4 Å². The van der Waals surface area contributed by atoms with Crippen molar-refractivity contribution in [3.63, 3.8) is 0 Å². The van der Waals surface area contributed by atoms with Gasteiger partial charge < -0.3 is 20.4 Å². The molecule has 2 amide bonds. The highest BCUT2D eigenvalue weighted by atomic mass is 35.5. The van der Waals surface area contributed by atoms with Crippen LogP contribution < -0.4 is 15.5 Å². The molecule has 0 fully saturated rings. The van der Waals surface area contributed by atoms with E-state index >= 15 is 0 Å². The molecule has 0 bridgehead atoms. The minimum Gasteiger partial charge on any atom is -0.496 e. The van der Waals surface area contributed by atoms with E-state index in [0.29, 0.717) is 28.2 Å². The molecule has 0 radical (unpaired) electrons. The van der Waals surface area contributed by atoms with Crippen molar-refractivity contribution in [2.24, 2.45) is 10.9 Å². The number of nitrogens with one attached hydrogen (secondary N) is 2. The molecule has 0 aromatic heterocycles. The zero-order chi connectivity index (χ0) is 29.0. The monoisotopic (exact) mass is 589 g/mol. The molecule has 212 valence electrons. The van der Waals surface area contributed by atoms with Gasteiger partial charge in [0, 0.05) is 24.8 Å². The van der Waals surface area contributed by atoms with Crippen LogP contribution in [0.3, 0.4) is 0 Å². The summed E-state index contributed by atoms with van der Waals surface area (Å²) in [6.45, 7) is -0.400. The molecule has 39 heavy (non-hydrogen) atoms. The maximum absolute atomic E-state index is 13.5. The Balaban J connectivity index is 1.82. The van der Waals surface area contributed by atoms with Crippen LogP contribution in [0.2, 0.25) is 5.02 Å². The van der Waals surface area contributed by atoms with Crippen LogP contribution in [0.4, 0.5) is 18.9 Å². The second kappa shape index (κ2) is 12.2. The van der Waals surface area contributed by atoms with E-state index in [0.717, 1.165) is 12.1 Å². The van der Waals surface area contributed by atoms with Gasteiger partial charge in [0.05, 0.1) is 31.0 Å². The Hall–Kier alpha value is -3.36. The van der Waals surface area contributed by atoms with E-state index in [-0.39, 0.29) is 31.1 Å². The minimum absolute atomic E-state index is 0.0455.